The average molecular weight is 325 g/mol. The van der Waals surface area contributed by atoms with Crippen LogP contribution in [0.4, 0.5) is 0 Å². The van der Waals surface area contributed by atoms with Gasteiger partial charge in [-0.2, -0.15) is 0 Å². The number of sulfone groups is 1. The number of nitrogens with zero attached hydrogens (tertiary/aromatic N) is 2. The number of H-pyrrole nitrogens is 1. The molecule has 1 aromatic heterocycles. The van der Waals surface area contributed by atoms with Gasteiger partial charge in [0.1, 0.15) is 0 Å². The molecule has 0 fully saturated rings. The summed E-state index contributed by atoms with van der Waals surface area (Å²) in [6, 6.07) is 0. The molecule has 22 heavy (non-hydrogen) atoms. The van der Waals surface area contributed by atoms with Crippen molar-refractivity contribution in [1.29, 1.82) is 0 Å². The Labute approximate surface area is 128 Å². The predicted molar refractivity (Wildman–Crippen MR) is 80.2 cm³/mol. The number of nitrogens with one attached hydrogen (secondary N) is 1. The molecule has 0 unspecified atom stereocenters. The molecule has 1 N–H and O–H groups in total. The van der Waals surface area contributed by atoms with Crippen molar-refractivity contribution in [1.82, 2.24) is 14.9 Å². The first-order valence-electron chi connectivity index (χ1n) is 7.27. The second kappa shape index (κ2) is 5.85. The third-order valence-corrected chi connectivity index (χ3v) is 4.81. The molecular weight excluding hydrogens is 306 g/mol. The van der Waals surface area contributed by atoms with Gasteiger partial charge in [0.2, 0.25) is 15.0 Å². The Hall–Kier alpha value is -1.67. The summed E-state index contributed by atoms with van der Waals surface area (Å²) in [5.74, 6) is 0. The molecule has 0 spiro atoms. The Morgan fingerprint density at radius 2 is 2.23 bits per heavy atom. The van der Waals surface area contributed by atoms with Crippen LogP contribution in [0.2, 0.25) is 0 Å². The average Bonchev–Trinajstić information content (AvgIpc) is 2.48. The monoisotopic (exact) mass is 325 g/mol. The van der Waals surface area contributed by atoms with Gasteiger partial charge in [0, 0.05) is 32.3 Å². The van der Waals surface area contributed by atoms with Crippen molar-refractivity contribution in [2.75, 3.05) is 26.0 Å². The van der Waals surface area contributed by atoms with Gasteiger partial charge in [-0.05, 0) is 18.4 Å². The summed E-state index contributed by atoms with van der Waals surface area (Å²) in [5.41, 5.74) is 2.03. The second-order valence-electron chi connectivity index (χ2n) is 5.78. The lowest BCUT2D eigenvalue weighted by molar-refractivity contribution is 0.208. The molecule has 1 aromatic rings. The first-order chi connectivity index (χ1) is 10.4. The summed E-state index contributed by atoms with van der Waals surface area (Å²) in [4.78, 5) is 20.8. The van der Waals surface area contributed by atoms with E-state index in [1.54, 1.807) is 0 Å². The Bertz CT molecular complexity index is 767. The van der Waals surface area contributed by atoms with E-state index in [1.807, 2.05) is 6.26 Å². The van der Waals surface area contributed by atoms with E-state index in [9.17, 15) is 13.2 Å². The van der Waals surface area contributed by atoms with Crippen molar-refractivity contribution in [2.24, 2.45) is 0 Å². The summed E-state index contributed by atoms with van der Waals surface area (Å²) in [7, 11) is -3.50. The van der Waals surface area contributed by atoms with Crippen molar-refractivity contribution < 1.29 is 13.2 Å². The summed E-state index contributed by atoms with van der Waals surface area (Å²) in [6.07, 6.45) is 5.48. The minimum atomic E-state index is -3.50. The van der Waals surface area contributed by atoms with E-state index < -0.39 is 9.84 Å². The highest BCUT2D eigenvalue weighted by atomic mass is 32.2. The van der Waals surface area contributed by atoms with E-state index in [0.717, 1.165) is 38.8 Å². The van der Waals surface area contributed by atoms with E-state index in [0.29, 0.717) is 24.2 Å². The molecule has 0 saturated heterocycles. The van der Waals surface area contributed by atoms with E-state index >= 15 is 0 Å². The number of hydrogen-bond donors (Lipinski definition) is 1. The minimum Gasteiger partial charge on any atom is -0.501 e. The zero-order valence-corrected chi connectivity index (χ0v) is 13.3. The highest BCUT2D eigenvalue weighted by Crippen LogP contribution is 2.19. The fraction of sp³-hybridized carbons (Fsp3) is 0.571. The zero-order chi connectivity index (χ0) is 15.7. The van der Waals surface area contributed by atoms with Crippen LogP contribution in [-0.4, -0.2) is 49.2 Å². The molecule has 7 nitrogen and oxygen atoms in total. The van der Waals surface area contributed by atoms with Gasteiger partial charge in [-0.3, -0.25) is 14.7 Å². The largest absolute Gasteiger partial charge is 0.501 e. The van der Waals surface area contributed by atoms with Gasteiger partial charge in [0.05, 0.1) is 24.1 Å². The van der Waals surface area contributed by atoms with Gasteiger partial charge in [0.25, 0.3) is 5.56 Å². The van der Waals surface area contributed by atoms with Crippen LogP contribution in [0, 0.1) is 0 Å². The molecule has 3 rings (SSSR count). The Balaban J connectivity index is 1.81. The van der Waals surface area contributed by atoms with Gasteiger partial charge in [-0.1, -0.05) is 0 Å². The summed E-state index contributed by atoms with van der Waals surface area (Å²) >= 11 is 0. The molecule has 0 bridgehead atoms. The summed E-state index contributed by atoms with van der Waals surface area (Å²) < 4.78 is 28.4. The van der Waals surface area contributed by atoms with Crippen LogP contribution >= 0.6 is 0 Å². The quantitative estimate of drug-likeness (QED) is 0.800. The van der Waals surface area contributed by atoms with Crippen molar-refractivity contribution in [3.63, 3.8) is 0 Å². The molecule has 0 amide bonds. The number of rotatable bonds is 3. The molecule has 0 atom stereocenters. The standard InChI is InChI=1S/C14H19N3O4S/c1-22(19,20)14-15-12-4-5-17(8-11(12)13(18)16-14)7-10-3-2-6-21-9-10/h9H,2-8H2,1H3,(H,15,16,18). The molecule has 120 valence electrons. The SMILES string of the molecule is CS(=O)(=O)c1nc2c(c(=O)[nH]1)CN(CC1=COCCC1)CC2. The lowest BCUT2D eigenvalue weighted by Crippen LogP contribution is -2.37. The van der Waals surface area contributed by atoms with E-state index in [-0.39, 0.29) is 10.7 Å². The van der Waals surface area contributed by atoms with Crippen LogP contribution in [0.3, 0.4) is 0 Å². The topological polar surface area (TPSA) is 92.4 Å². The lowest BCUT2D eigenvalue weighted by atomic mass is 10.0. The molecule has 0 saturated carbocycles. The molecule has 0 aliphatic carbocycles. The van der Waals surface area contributed by atoms with Crippen LogP contribution in [0.25, 0.3) is 0 Å². The third kappa shape index (κ3) is 3.22. The van der Waals surface area contributed by atoms with Crippen molar-refractivity contribution in [3.8, 4) is 0 Å². The summed E-state index contributed by atoms with van der Waals surface area (Å²) in [5, 5.41) is -0.243. The van der Waals surface area contributed by atoms with Gasteiger partial charge >= 0.3 is 0 Å². The molecule has 2 aliphatic heterocycles. The number of aromatic amines is 1. The van der Waals surface area contributed by atoms with Crippen LogP contribution < -0.4 is 5.56 Å². The number of hydrogen-bond acceptors (Lipinski definition) is 6. The van der Waals surface area contributed by atoms with Gasteiger partial charge in [0.15, 0.2) is 0 Å². The second-order valence-corrected chi connectivity index (χ2v) is 7.71. The Morgan fingerprint density at radius 1 is 1.41 bits per heavy atom. The van der Waals surface area contributed by atoms with Crippen LogP contribution in [0.1, 0.15) is 24.1 Å². The van der Waals surface area contributed by atoms with Gasteiger partial charge in [-0.15, -0.1) is 0 Å². The van der Waals surface area contributed by atoms with Crippen molar-refractivity contribution in [3.05, 3.63) is 33.4 Å². The number of fused-ring (bicyclic) bond motifs is 1. The fourth-order valence-electron chi connectivity index (χ4n) is 2.79. The maximum Gasteiger partial charge on any atom is 0.256 e. The Morgan fingerprint density at radius 3 is 2.91 bits per heavy atom. The molecule has 3 heterocycles. The van der Waals surface area contributed by atoms with Crippen molar-refractivity contribution in [2.45, 2.75) is 31.0 Å². The highest BCUT2D eigenvalue weighted by molar-refractivity contribution is 7.90. The first kappa shape index (κ1) is 15.2. The Kier molecular flexibility index (Phi) is 4.05. The highest BCUT2D eigenvalue weighted by Gasteiger charge is 2.24. The van der Waals surface area contributed by atoms with Gasteiger partial charge in [-0.25, -0.2) is 13.4 Å². The third-order valence-electron chi connectivity index (χ3n) is 3.91. The van der Waals surface area contributed by atoms with Crippen LogP contribution in [-0.2, 0) is 27.5 Å². The number of ether oxygens (including phenoxy) is 1. The zero-order valence-electron chi connectivity index (χ0n) is 12.5. The molecule has 2 aliphatic rings. The maximum atomic E-state index is 12.1. The van der Waals surface area contributed by atoms with Crippen molar-refractivity contribution >= 4 is 9.84 Å². The minimum absolute atomic E-state index is 0.243. The smallest absolute Gasteiger partial charge is 0.256 e. The lowest BCUT2D eigenvalue weighted by Gasteiger charge is -2.29. The molecule has 8 heteroatoms. The first-order valence-corrected chi connectivity index (χ1v) is 9.16. The van der Waals surface area contributed by atoms with E-state index in [1.165, 1.54) is 5.57 Å². The predicted octanol–water partition coefficient (Wildman–Crippen LogP) is 0.226. The normalized spacial score (nSPS) is 19.2. The fourth-order valence-corrected chi connectivity index (χ4v) is 3.34. The van der Waals surface area contributed by atoms with E-state index in [4.69, 9.17) is 4.74 Å². The maximum absolute atomic E-state index is 12.1. The van der Waals surface area contributed by atoms with Gasteiger partial charge < -0.3 is 4.74 Å². The van der Waals surface area contributed by atoms with Crippen LogP contribution in [0.5, 0.6) is 0 Å². The molecule has 0 aromatic carbocycles. The molecule has 0 radical (unpaired) electrons. The molecular formula is C14H19N3O4S. The number of aromatic nitrogens is 2. The summed E-state index contributed by atoms with van der Waals surface area (Å²) in [6.45, 7) is 2.78. The van der Waals surface area contributed by atoms with E-state index in [2.05, 4.69) is 14.9 Å². The van der Waals surface area contributed by atoms with Crippen LogP contribution in [0.15, 0.2) is 21.8 Å².